The number of rotatable bonds is 3. The Morgan fingerprint density at radius 3 is 2.63 bits per heavy atom. The smallest absolute Gasteiger partial charge is 0.246 e. The van der Waals surface area contributed by atoms with Gasteiger partial charge in [-0.1, -0.05) is 0 Å². The summed E-state index contributed by atoms with van der Waals surface area (Å²) in [5.74, 6) is -1.79. The van der Waals surface area contributed by atoms with E-state index >= 15 is 0 Å². The second-order valence-corrected chi connectivity index (χ2v) is 6.69. The van der Waals surface area contributed by atoms with Crippen molar-refractivity contribution in [3.63, 3.8) is 0 Å². The van der Waals surface area contributed by atoms with Crippen LogP contribution in [0.5, 0.6) is 0 Å². The minimum absolute atomic E-state index is 0.0771. The van der Waals surface area contributed by atoms with Crippen molar-refractivity contribution in [3.8, 4) is 0 Å². The van der Waals surface area contributed by atoms with Crippen LogP contribution >= 0.6 is 0 Å². The minimum Gasteiger partial charge on any atom is -0.330 e. The van der Waals surface area contributed by atoms with Crippen molar-refractivity contribution in [2.24, 2.45) is 11.7 Å². The molecule has 2 N–H and O–H groups in total. The summed E-state index contributed by atoms with van der Waals surface area (Å²) >= 11 is 0. The molecule has 2 rings (SSSR count). The van der Waals surface area contributed by atoms with Crippen LogP contribution in [-0.2, 0) is 10.0 Å². The third-order valence-corrected chi connectivity index (χ3v) is 5.43. The molecule has 1 aromatic carbocycles. The molecule has 1 fully saturated rings. The molecule has 2 unspecified atom stereocenters. The maximum absolute atomic E-state index is 13.6. The molecule has 1 heterocycles. The van der Waals surface area contributed by atoms with Crippen LogP contribution in [0.2, 0.25) is 0 Å². The summed E-state index contributed by atoms with van der Waals surface area (Å²) in [6, 6.07) is 2.25. The Bertz CT molecular complexity index is 577. The molecule has 1 aliphatic rings. The standard InChI is InChI=1S/C12H16F2N2O2S/c1-8-4-9(6-15)7-16(8)19(17,18)12-3-2-10(13)5-11(12)14/h2-3,5,8-9H,4,6-7,15H2,1H3. The zero-order chi connectivity index (χ0) is 14.2. The van der Waals surface area contributed by atoms with Gasteiger partial charge in [-0.05, 0) is 37.9 Å². The average molecular weight is 290 g/mol. The molecule has 106 valence electrons. The molecule has 19 heavy (non-hydrogen) atoms. The highest BCUT2D eigenvalue weighted by Gasteiger charge is 2.38. The second kappa shape index (κ2) is 5.15. The number of hydrogen-bond donors (Lipinski definition) is 1. The summed E-state index contributed by atoms with van der Waals surface area (Å²) in [4.78, 5) is -0.488. The normalized spacial score (nSPS) is 24.8. The van der Waals surface area contributed by atoms with Crippen molar-refractivity contribution in [2.75, 3.05) is 13.1 Å². The van der Waals surface area contributed by atoms with Crippen LogP contribution in [0, 0.1) is 17.6 Å². The highest BCUT2D eigenvalue weighted by Crippen LogP contribution is 2.30. The number of hydrogen-bond acceptors (Lipinski definition) is 3. The number of nitrogens with two attached hydrogens (primary N) is 1. The minimum atomic E-state index is -3.94. The number of sulfonamides is 1. The lowest BCUT2D eigenvalue weighted by Gasteiger charge is -2.21. The van der Waals surface area contributed by atoms with Gasteiger partial charge in [-0.3, -0.25) is 0 Å². The van der Waals surface area contributed by atoms with E-state index in [-0.39, 0.29) is 18.5 Å². The van der Waals surface area contributed by atoms with Crippen molar-refractivity contribution in [2.45, 2.75) is 24.3 Å². The van der Waals surface area contributed by atoms with Gasteiger partial charge in [0.25, 0.3) is 0 Å². The molecule has 0 bridgehead atoms. The summed E-state index contributed by atoms with van der Waals surface area (Å²) in [5, 5.41) is 0. The average Bonchev–Trinajstić information content (AvgIpc) is 2.70. The molecule has 0 amide bonds. The Hall–Kier alpha value is -1.05. The fourth-order valence-electron chi connectivity index (χ4n) is 2.43. The molecular formula is C12H16F2N2O2S. The summed E-state index contributed by atoms with van der Waals surface area (Å²) in [6.07, 6.45) is 0.651. The SMILES string of the molecule is CC1CC(CN)CN1S(=O)(=O)c1ccc(F)cc1F. The molecule has 1 aromatic rings. The van der Waals surface area contributed by atoms with E-state index in [9.17, 15) is 17.2 Å². The fraction of sp³-hybridized carbons (Fsp3) is 0.500. The van der Waals surface area contributed by atoms with E-state index in [0.717, 1.165) is 12.1 Å². The summed E-state index contributed by atoms with van der Waals surface area (Å²) in [6.45, 7) is 2.42. The molecule has 0 saturated carbocycles. The lowest BCUT2D eigenvalue weighted by Crippen LogP contribution is -2.35. The van der Waals surface area contributed by atoms with Crippen molar-refractivity contribution in [1.82, 2.24) is 4.31 Å². The first kappa shape index (κ1) is 14.4. The van der Waals surface area contributed by atoms with Gasteiger partial charge in [0.05, 0.1) is 0 Å². The first-order chi connectivity index (χ1) is 8.86. The highest BCUT2D eigenvalue weighted by molar-refractivity contribution is 7.89. The monoisotopic (exact) mass is 290 g/mol. The van der Waals surface area contributed by atoms with E-state index in [0.29, 0.717) is 19.0 Å². The van der Waals surface area contributed by atoms with Gasteiger partial charge >= 0.3 is 0 Å². The highest BCUT2D eigenvalue weighted by atomic mass is 32.2. The van der Waals surface area contributed by atoms with Gasteiger partial charge in [-0.2, -0.15) is 4.31 Å². The Morgan fingerprint density at radius 1 is 1.42 bits per heavy atom. The van der Waals surface area contributed by atoms with Crippen molar-refractivity contribution < 1.29 is 17.2 Å². The third-order valence-electron chi connectivity index (χ3n) is 3.42. The van der Waals surface area contributed by atoms with Gasteiger partial charge in [0.15, 0.2) is 0 Å². The Morgan fingerprint density at radius 2 is 2.11 bits per heavy atom. The first-order valence-corrected chi connectivity index (χ1v) is 7.47. The fourth-order valence-corrected chi connectivity index (χ4v) is 4.19. The molecular weight excluding hydrogens is 274 g/mol. The molecule has 4 nitrogen and oxygen atoms in total. The predicted octanol–water partition coefficient (Wildman–Crippen LogP) is 1.32. The first-order valence-electron chi connectivity index (χ1n) is 6.03. The van der Waals surface area contributed by atoms with Crippen molar-refractivity contribution >= 4 is 10.0 Å². The Balaban J connectivity index is 2.37. The van der Waals surface area contributed by atoms with Crippen molar-refractivity contribution in [3.05, 3.63) is 29.8 Å². The maximum Gasteiger partial charge on any atom is 0.246 e. The van der Waals surface area contributed by atoms with Gasteiger partial charge in [0, 0.05) is 18.7 Å². The van der Waals surface area contributed by atoms with Crippen LogP contribution < -0.4 is 5.73 Å². The molecule has 0 aliphatic carbocycles. The largest absolute Gasteiger partial charge is 0.330 e. The van der Waals surface area contributed by atoms with Crippen LogP contribution in [0.3, 0.4) is 0 Å². The van der Waals surface area contributed by atoms with Gasteiger partial charge < -0.3 is 5.73 Å². The van der Waals surface area contributed by atoms with Crippen LogP contribution in [0.4, 0.5) is 8.78 Å². The van der Waals surface area contributed by atoms with E-state index in [1.807, 2.05) is 0 Å². The van der Waals surface area contributed by atoms with E-state index in [1.165, 1.54) is 4.31 Å². The summed E-state index contributed by atoms with van der Waals surface area (Å²) < 4.78 is 52.4. The van der Waals surface area contributed by atoms with Gasteiger partial charge in [0.2, 0.25) is 10.0 Å². The van der Waals surface area contributed by atoms with Crippen LogP contribution in [-0.4, -0.2) is 31.9 Å². The van der Waals surface area contributed by atoms with Gasteiger partial charge in [0.1, 0.15) is 16.5 Å². The van der Waals surface area contributed by atoms with Gasteiger partial charge in [-0.25, -0.2) is 17.2 Å². The quantitative estimate of drug-likeness (QED) is 0.913. The molecule has 0 aromatic heterocycles. The van der Waals surface area contributed by atoms with E-state index in [2.05, 4.69) is 0 Å². The second-order valence-electron chi connectivity index (χ2n) is 4.84. The Kier molecular flexibility index (Phi) is 3.89. The third kappa shape index (κ3) is 2.63. The molecule has 1 aliphatic heterocycles. The number of benzene rings is 1. The predicted molar refractivity (Wildman–Crippen MR) is 66.9 cm³/mol. The zero-order valence-corrected chi connectivity index (χ0v) is 11.3. The van der Waals surface area contributed by atoms with Crippen molar-refractivity contribution in [1.29, 1.82) is 0 Å². The van der Waals surface area contributed by atoms with Crippen LogP contribution in [0.15, 0.2) is 23.1 Å². The Labute approximate surface area is 111 Å². The number of halogens is 2. The zero-order valence-electron chi connectivity index (χ0n) is 10.5. The molecule has 7 heteroatoms. The van der Waals surface area contributed by atoms with E-state index < -0.39 is 26.6 Å². The molecule has 2 atom stereocenters. The number of nitrogens with zero attached hydrogens (tertiary/aromatic N) is 1. The van der Waals surface area contributed by atoms with E-state index in [4.69, 9.17) is 5.73 Å². The molecule has 1 saturated heterocycles. The van der Waals surface area contributed by atoms with Crippen LogP contribution in [0.25, 0.3) is 0 Å². The molecule has 0 spiro atoms. The van der Waals surface area contributed by atoms with E-state index in [1.54, 1.807) is 6.92 Å². The lowest BCUT2D eigenvalue weighted by atomic mass is 10.1. The molecule has 0 radical (unpaired) electrons. The summed E-state index contributed by atoms with van der Waals surface area (Å²) in [5.41, 5.74) is 5.54. The topological polar surface area (TPSA) is 63.4 Å². The lowest BCUT2D eigenvalue weighted by molar-refractivity contribution is 0.401. The summed E-state index contributed by atoms with van der Waals surface area (Å²) in [7, 11) is -3.94. The van der Waals surface area contributed by atoms with Gasteiger partial charge in [-0.15, -0.1) is 0 Å². The van der Waals surface area contributed by atoms with Crippen LogP contribution in [0.1, 0.15) is 13.3 Å². The maximum atomic E-state index is 13.6.